The normalized spacial score (nSPS) is 4.50. The molecule has 0 rings (SSSR count). The van der Waals surface area contributed by atoms with Crippen molar-refractivity contribution in [2.24, 2.45) is 0 Å². The van der Waals surface area contributed by atoms with E-state index in [1.165, 1.54) is 0 Å². The van der Waals surface area contributed by atoms with Crippen LogP contribution in [-0.4, -0.2) is 6.93 Å². The van der Waals surface area contributed by atoms with Crippen molar-refractivity contribution in [1.82, 2.24) is 0 Å². The molecule has 0 aliphatic rings. The zero-order valence-corrected chi connectivity index (χ0v) is 2.71. The van der Waals surface area contributed by atoms with Crippen LogP contribution in [0.4, 0.5) is 8.78 Å². The van der Waals surface area contributed by atoms with Crippen molar-refractivity contribution >= 4 is 0 Å². The van der Waals surface area contributed by atoms with E-state index >= 15 is 0 Å². The van der Waals surface area contributed by atoms with Gasteiger partial charge < -0.3 is 0 Å². The first-order chi connectivity index (χ1) is 1.41. The van der Waals surface area contributed by atoms with Gasteiger partial charge in [0.05, 0.1) is 0 Å². The van der Waals surface area contributed by atoms with Gasteiger partial charge in [0.15, 0.2) is 0 Å². The van der Waals surface area contributed by atoms with Crippen molar-refractivity contribution < 1.29 is 25.8 Å². The van der Waals surface area contributed by atoms with E-state index in [4.69, 9.17) is 0 Å². The van der Waals surface area contributed by atoms with Gasteiger partial charge in [0.25, 0.3) is 0 Å². The van der Waals surface area contributed by atoms with E-state index < -0.39 is 6.93 Å². The zero-order valence-electron chi connectivity index (χ0n) is 1.76. The average Bonchev–Trinajstić information content (AvgIpc) is 0.918. The molecular formula is CH2CuF2. The molecule has 0 spiro atoms. The topological polar surface area (TPSA) is 0 Å². The maximum Gasteiger partial charge on any atom is 0.229 e. The van der Waals surface area contributed by atoms with Crippen LogP contribution >= 0.6 is 0 Å². The molecule has 0 saturated heterocycles. The maximum absolute atomic E-state index is 9.62. The molecule has 0 unspecified atom stereocenters. The molecule has 0 nitrogen and oxygen atoms in total. The van der Waals surface area contributed by atoms with Gasteiger partial charge in [-0.25, -0.2) is 8.78 Å². The Morgan fingerprint density at radius 1 is 1.25 bits per heavy atom. The van der Waals surface area contributed by atoms with Gasteiger partial charge in [-0.15, -0.1) is 0 Å². The molecular weight excluding hydrogens is 114 g/mol. The number of alkyl halides is 2. The van der Waals surface area contributed by atoms with E-state index in [9.17, 15) is 8.78 Å². The smallest absolute Gasteiger partial charge is 0.214 e. The third kappa shape index (κ3) is 31.4. The molecule has 3 heteroatoms. The standard InChI is InChI=1S/CH2F2.Cu/c2-1-3;/h1H2;. The number of hydrogen-bond acceptors (Lipinski definition) is 0. The molecule has 0 aromatic heterocycles. The Bertz CT molecular complexity index is 6.00. The van der Waals surface area contributed by atoms with E-state index in [0.29, 0.717) is 0 Å². The van der Waals surface area contributed by atoms with Gasteiger partial charge >= 0.3 is 0 Å². The minimum Gasteiger partial charge on any atom is -0.214 e. The van der Waals surface area contributed by atoms with Gasteiger partial charge in [-0.3, -0.25) is 0 Å². The fraction of sp³-hybridized carbons (Fsp3) is 1.00. The molecule has 0 bridgehead atoms. The summed E-state index contributed by atoms with van der Waals surface area (Å²) in [6, 6.07) is 0. The summed E-state index contributed by atoms with van der Waals surface area (Å²) in [5.74, 6) is 0. The summed E-state index contributed by atoms with van der Waals surface area (Å²) in [4.78, 5) is 0. The fourth-order valence-electron chi connectivity index (χ4n) is 0. The van der Waals surface area contributed by atoms with Crippen molar-refractivity contribution in [2.75, 3.05) is 6.93 Å². The van der Waals surface area contributed by atoms with Crippen molar-refractivity contribution in [3.63, 3.8) is 0 Å². The quantitative estimate of drug-likeness (QED) is 0.411. The molecule has 31 valence electrons. The van der Waals surface area contributed by atoms with Crippen molar-refractivity contribution in [1.29, 1.82) is 0 Å². The first kappa shape index (κ1) is 8.83. The van der Waals surface area contributed by atoms with E-state index in [1.807, 2.05) is 0 Å². The van der Waals surface area contributed by atoms with Gasteiger partial charge in [0, 0.05) is 17.1 Å². The summed E-state index contributed by atoms with van der Waals surface area (Å²) in [6.45, 7) is -1.75. The molecule has 0 aromatic rings. The molecule has 1 radical (unpaired) electrons. The average molecular weight is 116 g/mol. The molecule has 4 heavy (non-hydrogen) atoms. The van der Waals surface area contributed by atoms with Crippen molar-refractivity contribution in [3.8, 4) is 0 Å². The van der Waals surface area contributed by atoms with Crippen molar-refractivity contribution in [3.05, 3.63) is 0 Å². The molecule has 0 saturated carbocycles. The SMILES string of the molecule is FCF.[Cu]. The third-order valence-electron chi connectivity index (χ3n) is 0. The van der Waals surface area contributed by atoms with Crippen LogP contribution < -0.4 is 0 Å². The summed E-state index contributed by atoms with van der Waals surface area (Å²) < 4.78 is 19.2. The van der Waals surface area contributed by atoms with E-state index in [0.717, 1.165) is 0 Å². The van der Waals surface area contributed by atoms with E-state index in [1.54, 1.807) is 0 Å². The molecule has 0 N–H and O–H groups in total. The first-order valence-corrected chi connectivity index (χ1v) is 0.535. The first-order valence-electron chi connectivity index (χ1n) is 0.535. The van der Waals surface area contributed by atoms with Crippen LogP contribution in [-0.2, 0) is 17.1 Å². The second-order valence-electron chi connectivity index (χ2n) is 0.101. The second-order valence-corrected chi connectivity index (χ2v) is 0.101. The van der Waals surface area contributed by atoms with Crippen LogP contribution in [0.25, 0.3) is 0 Å². The Morgan fingerprint density at radius 3 is 1.25 bits per heavy atom. The molecule has 0 aliphatic carbocycles. The van der Waals surface area contributed by atoms with E-state index in [2.05, 4.69) is 0 Å². The van der Waals surface area contributed by atoms with Crippen LogP contribution in [0.3, 0.4) is 0 Å². The predicted molar refractivity (Wildman–Crippen MR) is 7.08 cm³/mol. The van der Waals surface area contributed by atoms with Gasteiger partial charge in [-0.05, 0) is 0 Å². The summed E-state index contributed by atoms with van der Waals surface area (Å²) in [6.07, 6.45) is 0. The van der Waals surface area contributed by atoms with Crippen LogP contribution in [0.5, 0.6) is 0 Å². The van der Waals surface area contributed by atoms with Crippen LogP contribution in [0.15, 0.2) is 0 Å². The predicted octanol–water partition coefficient (Wildman–Crippen LogP) is 0.880. The number of halogens is 2. The van der Waals surface area contributed by atoms with E-state index in [-0.39, 0.29) is 17.1 Å². The van der Waals surface area contributed by atoms with Gasteiger partial charge in [0.1, 0.15) is 0 Å². The largest absolute Gasteiger partial charge is 0.229 e. The van der Waals surface area contributed by atoms with Crippen LogP contribution in [0, 0.1) is 0 Å². The van der Waals surface area contributed by atoms with Crippen LogP contribution in [0.2, 0.25) is 0 Å². The minimum absolute atomic E-state index is 0. The summed E-state index contributed by atoms with van der Waals surface area (Å²) in [5, 5.41) is 0. The molecule has 0 heterocycles. The van der Waals surface area contributed by atoms with Gasteiger partial charge in [-0.1, -0.05) is 0 Å². The Labute approximate surface area is 33.7 Å². The molecule has 0 aliphatic heterocycles. The summed E-state index contributed by atoms with van der Waals surface area (Å²) in [7, 11) is 0. The third-order valence-corrected chi connectivity index (χ3v) is 0. The zero-order chi connectivity index (χ0) is 2.71. The maximum atomic E-state index is 9.62. The van der Waals surface area contributed by atoms with Crippen molar-refractivity contribution in [2.45, 2.75) is 0 Å². The second kappa shape index (κ2) is 10.1. The molecule has 0 fully saturated rings. The minimum atomic E-state index is -1.75. The number of rotatable bonds is 0. The molecule has 0 amide bonds. The summed E-state index contributed by atoms with van der Waals surface area (Å²) >= 11 is 0. The van der Waals surface area contributed by atoms with Gasteiger partial charge in [0.2, 0.25) is 6.93 Å². The molecule has 0 aromatic carbocycles. The Hall–Kier alpha value is 0.379. The monoisotopic (exact) mass is 115 g/mol. The number of hydrogen-bond donors (Lipinski definition) is 0. The summed E-state index contributed by atoms with van der Waals surface area (Å²) in [5.41, 5.74) is 0. The Kier molecular flexibility index (Phi) is 22.2. The van der Waals surface area contributed by atoms with Gasteiger partial charge in [-0.2, -0.15) is 0 Å². The molecule has 0 atom stereocenters. The Morgan fingerprint density at radius 2 is 1.25 bits per heavy atom. The van der Waals surface area contributed by atoms with Crippen LogP contribution in [0.1, 0.15) is 0 Å². The fourth-order valence-corrected chi connectivity index (χ4v) is 0. The Balaban J connectivity index is 0.